The van der Waals surface area contributed by atoms with Crippen LogP contribution < -0.4 is 39.0 Å². The van der Waals surface area contributed by atoms with Gasteiger partial charge >= 0.3 is 11.4 Å². The Morgan fingerprint density at radius 1 is 0.730 bits per heavy atom. The number of imidazole rings is 1. The number of aryl methyl sites for hydroxylation is 2. The summed E-state index contributed by atoms with van der Waals surface area (Å²) in [4.78, 5) is 72.1. The number of aromatic nitrogens is 8. The van der Waals surface area contributed by atoms with E-state index in [0.717, 1.165) is 9.13 Å². The van der Waals surface area contributed by atoms with E-state index in [9.17, 15) is 28.9 Å². The molecule has 412 valence electrons. The zero-order valence-electron chi connectivity index (χ0n) is 40.9. The van der Waals surface area contributed by atoms with E-state index in [1.54, 1.807) is 20.8 Å². The average molecular weight is 1120 g/mol. The smallest absolute Gasteiger partial charge is 0.351 e. The number of hydrogen-bond donors (Lipinski definition) is 5. The van der Waals surface area contributed by atoms with Crippen LogP contribution in [0.1, 0.15) is 43.2 Å². The van der Waals surface area contributed by atoms with E-state index in [4.69, 9.17) is 102 Å². The van der Waals surface area contributed by atoms with Crippen molar-refractivity contribution in [1.82, 2.24) is 38.6 Å². The Labute approximate surface area is 432 Å². The van der Waals surface area contributed by atoms with E-state index in [-0.39, 0.29) is 74.8 Å². The molecule has 0 aromatic carbocycles. The number of methoxy groups -OCH3 is 3. The maximum absolute atomic E-state index is 14.4. The van der Waals surface area contributed by atoms with Gasteiger partial charge in [0.25, 0.3) is 5.56 Å². The standard InChI is InChI=1S/C40H61N11O19P2S2/c1-7-21-26(29(62-12-9-59-5)37(66-21)51-18-44-24-33(51)47-38(43)48-34(24)53)69-72(57,74)65-17-23-27(30(63-13-10-60-6)36(68-23)50-15-20(3)32(42)46-40(50)55)70-71(56,73)64-16-22-25(52)28(61-11-8-58-4)35(67-22)49-14-19(2)31(41)45-39(49)54/h14-15,18,21-23,25-30,35-37,52H,7-13,16-17H2,1-6H3,(H,56,73)(H,57,74)(H2,41,45,54)(H2,42,46,55)(H3,43,47,48,53)/p-2/t21-,22-,23-,25+,26+,27+,28?,29?,30?,35-,36-,37-,71?,72?/m1/s1. The van der Waals surface area contributed by atoms with Gasteiger partial charge in [0.05, 0.1) is 65.3 Å². The Bertz CT molecular complexity index is 2850. The van der Waals surface area contributed by atoms with Gasteiger partial charge in [0.2, 0.25) is 5.95 Å². The fraction of sp³-hybridized carbons (Fsp3) is 0.675. The summed E-state index contributed by atoms with van der Waals surface area (Å²) < 4.78 is 94.2. The Hall–Kier alpha value is -3.86. The van der Waals surface area contributed by atoms with Crippen molar-refractivity contribution in [3.63, 3.8) is 0 Å². The number of hydrogen-bond acceptors (Lipinski definition) is 28. The zero-order valence-corrected chi connectivity index (χ0v) is 44.3. The number of nitrogens with one attached hydrogen (secondary N) is 1. The fourth-order valence-corrected chi connectivity index (χ4v) is 11.2. The minimum absolute atomic E-state index is 0.000459. The Kier molecular flexibility index (Phi) is 19.6. The molecule has 0 spiro atoms. The Morgan fingerprint density at radius 2 is 1.22 bits per heavy atom. The highest BCUT2D eigenvalue weighted by molar-refractivity contribution is 8.32. The summed E-state index contributed by atoms with van der Waals surface area (Å²) in [7, 11) is 4.33. The number of ether oxygens (including phenoxy) is 9. The molecular weight excluding hydrogens is 1060 g/mol. The first-order valence-corrected chi connectivity index (χ1v) is 28.0. The van der Waals surface area contributed by atoms with Crippen LogP contribution in [0.4, 0.5) is 17.6 Å². The molecular formula is C40H59N11O19P2S2-2. The van der Waals surface area contributed by atoms with Gasteiger partial charge in [0.15, 0.2) is 36.6 Å². The van der Waals surface area contributed by atoms with Gasteiger partial charge in [0.1, 0.15) is 67.2 Å². The number of rotatable bonds is 26. The highest BCUT2D eigenvalue weighted by Gasteiger charge is 2.52. The van der Waals surface area contributed by atoms with E-state index in [1.807, 2.05) is 0 Å². The summed E-state index contributed by atoms with van der Waals surface area (Å²) in [6.45, 7) is -5.78. The van der Waals surface area contributed by atoms with Crippen molar-refractivity contribution >= 4 is 66.3 Å². The third-order valence-electron chi connectivity index (χ3n) is 12.0. The summed E-state index contributed by atoms with van der Waals surface area (Å²) >= 11 is 10.9. The summed E-state index contributed by atoms with van der Waals surface area (Å²) in [5, 5.41) is 11.5. The first-order chi connectivity index (χ1) is 35.2. The minimum Gasteiger partial charge on any atom is -0.780 e. The van der Waals surface area contributed by atoms with E-state index in [2.05, 4.69) is 24.9 Å². The van der Waals surface area contributed by atoms with Gasteiger partial charge in [-0.05, 0) is 20.3 Å². The molecule has 30 nitrogen and oxygen atoms in total. The molecule has 8 N–H and O–H groups in total. The molecule has 5 unspecified atom stereocenters. The molecule has 3 saturated heterocycles. The molecule has 4 aromatic heterocycles. The van der Waals surface area contributed by atoms with E-state index in [1.165, 1.54) is 44.6 Å². The molecule has 7 heterocycles. The van der Waals surface area contributed by atoms with Crippen LogP contribution in [0.15, 0.2) is 33.1 Å². The predicted molar refractivity (Wildman–Crippen MR) is 262 cm³/mol. The van der Waals surface area contributed by atoms with Crippen molar-refractivity contribution in [1.29, 1.82) is 0 Å². The molecule has 34 heteroatoms. The highest BCUT2D eigenvalue weighted by atomic mass is 32.7. The van der Waals surface area contributed by atoms with Crippen molar-refractivity contribution < 1.29 is 75.3 Å². The maximum atomic E-state index is 14.4. The Morgan fingerprint density at radius 3 is 1.77 bits per heavy atom. The van der Waals surface area contributed by atoms with Crippen LogP contribution in [-0.4, -0.2) is 173 Å². The number of anilines is 3. The Balaban J connectivity index is 1.15. The molecule has 0 bridgehead atoms. The second-order valence-electron chi connectivity index (χ2n) is 17.0. The third-order valence-corrected chi connectivity index (χ3v) is 15.1. The molecule has 3 fully saturated rings. The summed E-state index contributed by atoms with van der Waals surface area (Å²) in [6.07, 6.45) is -11.1. The van der Waals surface area contributed by atoms with Crippen molar-refractivity contribution in [2.45, 2.75) is 101 Å². The number of aromatic amines is 1. The van der Waals surface area contributed by atoms with Gasteiger partial charge in [-0.15, -0.1) is 0 Å². The first kappa shape index (κ1) is 57.8. The van der Waals surface area contributed by atoms with Gasteiger partial charge in [-0.25, -0.2) is 14.6 Å². The SMILES string of the molecule is CC[C@H]1O[C@@H](n2cnc3c(=O)[nH]c(N)nc32)C(OCCOC)[C@H]1OP([O-])(=S)OC[C@H]1O[C@@H](n2cc(C)c(N)nc2=O)C(OCCOC)[C@H]1OP(=O)([S-])OC[C@H]1O[C@@H](n2cc(C)c(N)nc2=O)C(OCCOC)[C@H]1O. The molecule has 0 saturated carbocycles. The van der Waals surface area contributed by atoms with E-state index in [0.29, 0.717) is 11.1 Å². The zero-order chi connectivity index (χ0) is 53.6. The van der Waals surface area contributed by atoms with Crippen LogP contribution >= 0.6 is 13.5 Å². The van der Waals surface area contributed by atoms with E-state index < -0.39 is 117 Å². The van der Waals surface area contributed by atoms with Crippen LogP contribution in [-0.2, 0) is 89.3 Å². The molecule has 3 aliphatic rings. The van der Waals surface area contributed by atoms with Crippen molar-refractivity contribution in [2.75, 3.05) is 91.4 Å². The van der Waals surface area contributed by atoms with Crippen LogP contribution in [0.25, 0.3) is 11.2 Å². The number of nitrogen functional groups attached to an aromatic ring is 3. The lowest BCUT2D eigenvalue weighted by Crippen LogP contribution is -2.41. The third kappa shape index (κ3) is 13.3. The first-order valence-electron chi connectivity index (χ1n) is 22.9. The summed E-state index contributed by atoms with van der Waals surface area (Å²) in [5.74, 6) is -0.270. The van der Waals surface area contributed by atoms with Gasteiger partial charge in [-0.2, -0.15) is 15.0 Å². The number of aliphatic hydroxyl groups is 1. The number of aliphatic hydroxyl groups excluding tert-OH is 1. The molecule has 0 amide bonds. The summed E-state index contributed by atoms with van der Waals surface area (Å²) in [5.41, 5.74) is 16.2. The quantitative estimate of drug-likeness (QED) is 0.0274. The lowest BCUT2D eigenvalue weighted by molar-refractivity contribution is -0.218. The predicted octanol–water partition coefficient (Wildman–Crippen LogP) is -1.40. The average Bonchev–Trinajstić information content (AvgIpc) is 4.09. The van der Waals surface area contributed by atoms with Crippen molar-refractivity contribution in [3.05, 3.63) is 61.2 Å². The van der Waals surface area contributed by atoms with Crippen LogP contribution in [0.2, 0.25) is 0 Å². The number of nitrogens with zero attached hydrogens (tertiary/aromatic N) is 7. The summed E-state index contributed by atoms with van der Waals surface area (Å²) in [6, 6.07) is 0. The molecule has 7 rings (SSSR count). The van der Waals surface area contributed by atoms with Crippen molar-refractivity contribution in [3.8, 4) is 0 Å². The lowest BCUT2D eigenvalue weighted by atomic mass is 10.1. The molecule has 74 heavy (non-hydrogen) atoms. The van der Waals surface area contributed by atoms with Crippen LogP contribution in [0.3, 0.4) is 0 Å². The molecule has 0 aliphatic carbocycles. The second kappa shape index (κ2) is 25.1. The molecule has 4 aromatic rings. The molecule has 14 atom stereocenters. The normalized spacial score (nSPS) is 28.8. The van der Waals surface area contributed by atoms with Crippen molar-refractivity contribution in [2.24, 2.45) is 0 Å². The lowest BCUT2D eigenvalue weighted by Gasteiger charge is -2.36. The largest absolute Gasteiger partial charge is 0.780 e. The molecule has 3 aliphatic heterocycles. The highest BCUT2D eigenvalue weighted by Crippen LogP contribution is 2.53. The van der Waals surface area contributed by atoms with Crippen LogP contribution in [0, 0.1) is 13.8 Å². The van der Waals surface area contributed by atoms with Gasteiger partial charge in [-0.3, -0.25) is 28.0 Å². The monoisotopic (exact) mass is 1120 g/mol. The second-order valence-corrected chi connectivity index (χ2v) is 22.4. The fourth-order valence-electron chi connectivity index (χ4n) is 8.34. The molecule has 0 radical (unpaired) electrons. The van der Waals surface area contributed by atoms with Gasteiger partial charge in [-0.1, -0.05) is 18.7 Å². The number of fused-ring (bicyclic) bond motifs is 1. The van der Waals surface area contributed by atoms with Crippen LogP contribution in [0.5, 0.6) is 0 Å². The maximum Gasteiger partial charge on any atom is 0.351 e. The minimum atomic E-state index is -4.77. The number of nitrogens with two attached hydrogens (primary N) is 3. The van der Waals surface area contributed by atoms with Gasteiger partial charge < -0.3 is 100 Å². The number of H-pyrrole nitrogens is 1. The van der Waals surface area contributed by atoms with Gasteiger partial charge in [0, 0.05) is 44.8 Å². The van der Waals surface area contributed by atoms with E-state index >= 15 is 0 Å². The topological polar surface area (TPSA) is 392 Å².